The number of hydrogen-bond acceptors (Lipinski definition) is 5. The van der Waals surface area contributed by atoms with Crippen LogP contribution >= 0.6 is 0 Å². The van der Waals surface area contributed by atoms with Crippen molar-refractivity contribution in [3.63, 3.8) is 0 Å². The Morgan fingerprint density at radius 3 is 2.76 bits per heavy atom. The highest BCUT2D eigenvalue weighted by atomic mass is 16.5. The predicted molar refractivity (Wildman–Crippen MR) is 62.1 cm³/mol. The van der Waals surface area contributed by atoms with E-state index in [0.717, 1.165) is 12.8 Å². The summed E-state index contributed by atoms with van der Waals surface area (Å²) in [5.41, 5.74) is 0. The van der Waals surface area contributed by atoms with Crippen molar-refractivity contribution in [2.45, 2.75) is 12.8 Å². The summed E-state index contributed by atoms with van der Waals surface area (Å²) < 4.78 is 20.6. The average molecular weight is 246 g/mol. The van der Waals surface area contributed by atoms with Gasteiger partial charge in [0.2, 0.25) is 0 Å². The molecule has 1 heterocycles. The van der Waals surface area contributed by atoms with Gasteiger partial charge in [0.15, 0.2) is 5.78 Å². The fraction of sp³-hybridized carbons (Fsp3) is 0.917. The maximum atomic E-state index is 11.6. The minimum atomic E-state index is 0.0490. The molecule has 17 heavy (non-hydrogen) atoms. The molecule has 0 aliphatic carbocycles. The minimum Gasteiger partial charge on any atom is -0.382 e. The Hall–Kier alpha value is -0.490. The summed E-state index contributed by atoms with van der Waals surface area (Å²) in [6.45, 7) is 3.88. The van der Waals surface area contributed by atoms with Crippen LogP contribution in [0.25, 0.3) is 0 Å². The molecule has 0 spiro atoms. The molecule has 0 N–H and O–H groups in total. The second-order valence-corrected chi connectivity index (χ2v) is 4.04. The molecular weight excluding hydrogens is 224 g/mol. The zero-order valence-electron chi connectivity index (χ0n) is 10.5. The molecule has 1 fully saturated rings. The van der Waals surface area contributed by atoms with Crippen LogP contribution < -0.4 is 0 Å². The number of ketones is 1. The van der Waals surface area contributed by atoms with Gasteiger partial charge in [-0.05, 0) is 12.8 Å². The van der Waals surface area contributed by atoms with Gasteiger partial charge < -0.3 is 18.9 Å². The molecule has 0 aromatic carbocycles. The van der Waals surface area contributed by atoms with E-state index in [1.807, 2.05) is 0 Å². The Kier molecular flexibility index (Phi) is 8.17. The van der Waals surface area contributed by atoms with Crippen molar-refractivity contribution in [2.24, 2.45) is 5.92 Å². The zero-order valence-corrected chi connectivity index (χ0v) is 10.5. The Bertz CT molecular complexity index is 201. The fourth-order valence-electron chi connectivity index (χ4n) is 1.59. The van der Waals surface area contributed by atoms with Gasteiger partial charge >= 0.3 is 0 Å². The Balaban J connectivity index is 1.85. The molecule has 0 aromatic heterocycles. The van der Waals surface area contributed by atoms with Crippen molar-refractivity contribution < 1.29 is 23.7 Å². The number of ether oxygens (including phenoxy) is 4. The summed E-state index contributed by atoms with van der Waals surface area (Å²) in [5, 5.41) is 0. The van der Waals surface area contributed by atoms with Gasteiger partial charge in [-0.1, -0.05) is 0 Å². The first-order valence-corrected chi connectivity index (χ1v) is 6.09. The first kappa shape index (κ1) is 14.6. The van der Waals surface area contributed by atoms with E-state index in [1.165, 1.54) is 0 Å². The largest absolute Gasteiger partial charge is 0.382 e. The lowest BCUT2D eigenvalue weighted by Crippen LogP contribution is -2.20. The van der Waals surface area contributed by atoms with E-state index in [0.29, 0.717) is 39.6 Å². The first-order chi connectivity index (χ1) is 8.34. The van der Waals surface area contributed by atoms with Crippen LogP contribution in [0, 0.1) is 5.92 Å². The van der Waals surface area contributed by atoms with Crippen LogP contribution in [0.4, 0.5) is 0 Å². The molecule has 1 atom stereocenters. The van der Waals surface area contributed by atoms with E-state index in [2.05, 4.69) is 0 Å². The highest BCUT2D eigenvalue weighted by Crippen LogP contribution is 2.13. The van der Waals surface area contributed by atoms with Crippen LogP contribution in [0.2, 0.25) is 0 Å². The number of rotatable bonds is 10. The maximum Gasteiger partial charge on any atom is 0.163 e. The summed E-state index contributed by atoms with van der Waals surface area (Å²) in [4.78, 5) is 11.6. The maximum absolute atomic E-state index is 11.6. The standard InChI is InChI=1S/C12H22O5/c1-14-7-8-15-4-2-5-16-10-12(13)11-3-6-17-9-11/h11H,2-10H2,1H3. The number of carbonyl (C=O) groups is 1. The van der Waals surface area contributed by atoms with E-state index in [1.54, 1.807) is 7.11 Å². The van der Waals surface area contributed by atoms with Gasteiger partial charge in [0.25, 0.3) is 0 Å². The van der Waals surface area contributed by atoms with E-state index in [9.17, 15) is 4.79 Å². The molecule has 1 aliphatic heterocycles. The van der Waals surface area contributed by atoms with Crippen LogP contribution in [0.1, 0.15) is 12.8 Å². The third kappa shape index (κ3) is 6.73. The highest BCUT2D eigenvalue weighted by Gasteiger charge is 2.22. The van der Waals surface area contributed by atoms with Crippen LogP contribution in [0.15, 0.2) is 0 Å². The quantitative estimate of drug-likeness (QED) is 0.530. The third-order valence-electron chi connectivity index (χ3n) is 2.64. The summed E-state index contributed by atoms with van der Waals surface area (Å²) in [6.07, 6.45) is 1.64. The molecule has 0 aromatic rings. The molecule has 1 unspecified atom stereocenters. The molecule has 5 nitrogen and oxygen atoms in total. The predicted octanol–water partition coefficient (Wildman–Crippen LogP) is 0.662. The van der Waals surface area contributed by atoms with E-state index < -0.39 is 0 Å². The van der Waals surface area contributed by atoms with Crippen LogP contribution in [0.5, 0.6) is 0 Å². The van der Waals surface area contributed by atoms with Crippen molar-refractivity contribution in [1.29, 1.82) is 0 Å². The monoisotopic (exact) mass is 246 g/mol. The van der Waals surface area contributed by atoms with E-state index in [-0.39, 0.29) is 18.3 Å². The summed E-state index contributed by atoms with van der Waals surface area (Å²) in [7, 11) is 1.64. The smallest absolute Gasteiger partial charge is 0.163 e. The summed E-state index contributed by atoms with van der Waals surface area (Å²) in [5.74, 6) is 0.204. The lowest BCUT2D eigenvalue weighted by molar-refractivity contribution is -0.127. The van der Waals surface area contributed by atoms with E-state index in [4.69, 9.17) is 18.9 Å². The van der Waals surface area contributed by atoms with Crippen molar-refractivity contribution >= 4 is 5.78 Å². The normalized spacial score (nSPS) is 19.7. The lowest BCUT2D eigenvalue weighted by atomic mass is 10.0. The van der Waals surface area contributed by atoms with Gasteiger partial charge in [-0.2, -0.15) is 0 Å². The molecule has 0 bridgehead atoms. The van der Waals surface area contributed by atoms with E-state index >= 15 is 0 Å². The molecule has 1 rings (SSSR count). The number of hydrogen-bond donors (Lipinski definition) is 0. The average Bonchev–Trinajstić information content (AvgIpc) is 2.86. The molecule has 5 heteroatoms. The molecule has 0 radical (unpaired) electrons. The zero-order chi connectivity index (χ0) is 12.3. The minimum absolute atomic E-state index is 0.0490. The van der Waals surface area contributed by atoms with Crippen LogP contribution in [0.3, 0.4) is 0 Å². The third-order valence-corrected chi connectivity index (χ3v) is 2.64. The summed E-state index contributed by atoms with van der Waals surface area (Å²) >= 11 is 0. The summed E-state index contributed by atoms with van der Waals surface area (Å²) in [6, 6.07) is 0. The molecule has 1 saturated heterocycles. The molecule has 0 saturated carbocycles. The van der Waals surface area contributed by atoms with Gasteiger partial charge in [0, 0.05) is 32.8 Å². The van der Waals surface area contributed by atoms with Gasteiger partial charge in [0.1, 0.15) is 6.61 Å². The molecule has 100 valence electrons. The second-order valence-electron chi connectivity index (χ2n) is 4.04. The molecule has 0 amide bonds. The van der Waals surface area contributed by atoms with Gasteiger partial charge in [-0.15, -0.1) is 0 Å². The molecular formula is C12H22O5. The Morgan fingerprint density at radius 1 is 1.24 bits per heavy atom. The van der Waals surface area contributed by atoms with Crippen LogP contribution in [-0.2, 0) is 23.7 Å². The SMILES string of the molecule is COCCOCCCOCC(=O)C1CCOC1. The molecule has 1 aliphatic rings. The topological polar surface area (TPSA) is 54.0 Å². The fourth-order valence-corrected chi connectivity index (χ4v) is 1.59. The van der Waals surface area contributed by atoms with Gasteiger partial charge in [-0.25, -0.2) is 0 Å². The van der Waals surface area contributed by atoms with Crippen molar-refractivity contribution in [2.75, 3.05) is 53.4 Å². The van der Waals surface area contributed by atoms with Crippen molar-refractivity contribution in [1.82, 2.24) is 0 Å². The lowest BCUT2D eigenvalue weighted by Gasteiger charge is -2.07. The van der Waals surface area contributed by atoms with Gasteiger partial charge in [-0.3, -0.25) is 4.79 Å². The van der Waals surface area contributed by atoms with Crippen molar-refractivity contribution in [3.8, 4) is 0 Å². The van der Waals surface area contributed by atoms with Crippen LogP contribution in [-0.4, -0.2) is 59.1 Å². The second kappa shape index (κ2) is 9.53. The number of Topliss-reactive ketones (excluding diaryl/α,β-unsaturated/α-hetero) is 1. The van der Waals surface area contributed by atoms with Gasteiger partial charge in [0.05, 0.1) is 19.8 Å². The Morgan fingerprint density at radius 2 is 2.06 bits per heavy atom. The highest BCUT2D eigenvalue weighted by molar-refractivity contribution is 5.82. The number of carbonyl (C=O) groups excluding carboxylic acids is 1. The Labute approximate surface area is 102 Å². The first-order valence-electron chi connectivity index (χ1n) is 6.09. The van der Waals surface area contributed by atoms with Crippen molar-refractivity contribution in [3.05, 3.63) is 0 Å². The number of methoxy groups -OCH3 is 1.